The molecule has 0 bridgehead atoms. The van der Waals surface area contributed by atoms with Crippen LogP contribution in [0.4, 0.5) is 0 Å². The molecule has 0 unspecified atom stereocenters. The molecule has 1 amide bonds. The van der Waals surface area contributed by atoms with E-state index in [1.807, 2.05) is 6.07 Å². The second-order valence-corrected chi connectivity index (χ2v) is 5.29. The summed E-state index contributed by atoms with van der Waals surface area (Å²) < 4.78 is 6.12. The Morgan fingerprint density at radius 1 is 1.42 bits per heavy atom. The zero-order chi connectivity index (χ0) is 14.4. The van der Waals surface area contributed by atoms with E-state index in [0.29, 0.717) is 5.75 Å². The van der Waals surface area contributed by atoms with Gasteiger partial charge in [0.2, 0.25) is 0 Å². The Bertz CT molecular complexity index is 462. The highest BCUT2D eigenvalue weighted by Gasteiger charge is 2.23. The summed E-state index contributed by atoms with van der Waals surface area (Å²) in [6, 6.07) is 6.16. The van der Waals surface area contributed by atoms with Crippen LogP contribution in [0.15, 0.2) is 28.7 Å². The molecule has 0 aliphatic heterocycles. The molecule has 0 aromatic heterocycles. The van der Waals surface area contributed by atoms with Crippen LogP contribution >= 0.6 is 15.9 Å². The van der Waals surface area contributed by atoms with Gasteiger partial charge < -0.3 is 15.2 Å². The quantitative estimate of drug-likeness (QED) is 0.837. The first kappa shape index (κ1) is 15.5. The second-order valence-electron chi connectivity index (χ2n) is 4.37. The molecule has 104 valence electrons. The van der Waals surface area contributed by atoms with Gasteiger partial charge >= 0.3 is 5.97 Å². The van der Waals surface area contributed by atoms with Crippen LogP contribution in [0.2, 0.25) is 0 Å². The molecule has 2 N–H and O–H groups in total. The van der Waals surface area contributed by atoms with Gasteiger partial charge in [-0.3, -0.25) is 4.79 Å². The Hall–Kier alpha value is -1.56. The monoisotopic (exact) mass is 329 g/mol. The van der Waals surface area contributed by atoms with E-state index in [0.717, 1.165) is 4.47 Å². The summed E-state index contributed by atoms with van der Waals surface area (Å²) in [6.07, 6.45) is 0. The van der Waals surface area contributed by atoms with Gasteiger partial charge in [0.25, 0.3) is 5.91 Å². The van der Waals surface area contributed by atoms with Gasteiger partial charge in [0.05, 0.1) is 0 Å². The topological polar surface area (TPSA) is 75.6 Å². The molecule has 0 spiro atoms. The zero-order valence-corrected chi connectivity index (χ0v) is 12.3. The van der Waals surface area contributed by atoms with Gasteiger partial charge in [0, 0.05) is 4.47 Å². The minimum absolute atomic E-state index is 0.188. The third kappa shape index (κ3) is 5.30. The van der Waals surface area contributed by atoms with Crippen LogP contribution in [-0.2, 0) is 9.59 Å². The zero-order valence-electron chi connectivity index (χ0n) is 10.7. The predicted octanol–water partition coefficient (Wildman–Crippen LogP) is 2.05. The predicted molar refractivity (Wildman–Crippen MR) is 74.0 cm³/mol. The molecule has 1 atom stereocenters. The summed E-state index contributed by atoms with van der Waals surface area (Å²) in [5, 5.41) is 11.4. The van der Waals surface area contributed by atoms with Crippen LogP contribution in [0.5, 0.6) is 5.75 Å². The number of carboxylic acids is 1. The van der Waals surface area contributed by atoms with E-state index in [1.165, 1.54) is 0 Å². The van der Waals surface area contributed by atoms with Gasteiger partial charge in [-0.2, -0.15) is 0 Å². The van der Waals surface area contributed by atoms with Crippen molar-refractivity contribution in [2.45, 2.75) is 19.9 Å². The number of halogens is 1. The number of carboxylic acid groups (broad SMARTS) is 1. The Labute approximate surface area is 120 Å². The summed E-state index contributed by atoms with van der Waals surface area (Å²) in [6.45, 7) is 3.25. The first-order chi connectivity index (χ1) is 8.90. The van der Waals surface area contributed by atoms with Crippen LogP contribution in [0.25, 0.3) is 0 Å². The third-order valence-corrected chi connectivity index (χ3v) is 2.91. The van der Waals surface area contributed by atoms with E-state index in [4.69, 9.17) is 9.84 Å². The largest absolute Gasteiger partial charge is 0.484 e. The summed E-state index contributed by atoms with van der Waals surface area (Å²) in [7, 11) is 0. The Kier molecular flexibility index (Phi) is 5.82. The standard InChI is InChI=1S/C13H16BrNO4/c1-8(2)12(13(17)18)15-11(16)7-19-10-5-3-4-9(14)6-10/h3-6,8,12H,7H2,1-2H3,(H,15,16)(H,17,18)/t12-/m0/s1. The fourth-order valence-corrected chi connectivity index (χ4v) is 1.81. The molecule has 1 aromatic rings. The molecule has 19 heavy (non-hydrogen) atoms. The highest BCUT2D eigenvalue weighted by molar-refractivity contribution is 9.10. The number of amides is 1. The highest BCUT2D eigenvalue weighted by Crippen LogP contribution is 2.17. The van der Waals surface area contributed by atoms with Crippen LogP contribution in [0.1, 0.15) is 13.8 Å². The lowest BCUT2D eigenvalue weighted by atomic mass is 10.1. The number of carbonyl (C=O) groups excluding carboxylic acids is 1. The van der Waals surface area contributed by atoms with Crippen LogP contribution in [0.3, 0.4) is 0 Å². The Morgan fingerprint density at radius 3 is 2.63 bits per heavy atom. The minimum Gasteiger partial charge on any atom is -0.484 e. The normalized spacial score (nSPS) is 12.0. The Balaban J connectivity index is 2.49. The molecule has 0 heterocycles. The maximum atomic E-state index is 11.6. The van der Waals surface area contributed by atoms with E-state index in [-0.39, 0.29) is 12.5 Å². The van der Waals surface area contributed by atoms with Gasteiger partial charge in [0.15, 0.2) is 6.61 Å². The lowest BCUT2D eigenvalue weighted by Crippen LogP contribution is -2.46. The van der Waals surface area contributed by atoms with Crippen LogP contribution in [-0.4, -0.2) is 29.6 Å². The maximum Gasteiger partial charge on any atom is 0.326 e. The number of hydrogen-bond acceptors (Lipinski definition) is 3. The molecule has 0 aliphatic carbocycles. The molecule has 0 radical (unpaired) electrons. The molecule has 0 fully saturated rings. The minimum atomic E-state index is -1.05. The smallest absolute Gasteiger partial charge is 0.326 e. The fraction of sp³-hybridized carbons (Fsp3) is 0.385. The van der Waals surface area contributed by atoms with Crippen molar-refractivity contribution < 1.29 is 19.4 Å². The number of aliphatic carboxylic acids is 1. The third-order valence-electron chi connectivity index (χ3n) is 2.42. The highest BCUT2D eigenvalue weighted by atomic mass is 79.9. The van der Waals surface area contributed by atoms with E-state index in [9.17, 15) is 9.59 Å². The second kappa shape index (κ2) is 7.13. The van der Waals surface area contributed by atoms with E-state index in [1.54, 1.807) is 32.0 Å². The molecular weight excluding hydrogens is 314 g/mol. The van der Waals surface area contributed by atoms with Gasteiger partial charge in [-0.05, 0) is 24.1 Å². The molecule has 1 rings (SSSR count). The van der Waals surface area contributed by atoms with E-state index >= 15 is 0 Å². The Morgan fingerprint density at radius 2 is 2.11 bits per heavy atom. The van der Waals surface area contributed by atoms with Crippen LogP contribution < -0.4 is 10.1 Å². The first-order valence-electron chi connectivity index (χ1n) is 5.80. The van der Waals surface area contributed by atoms with E-state index < -0.39 is 17.9 Å². The van der Waals surface area contributed by atoms with Gasteiger partial charge in [-0.15, -0.1) is 0 Å². The van der Waals surface area contributed by atoms with Crippen molar-refractivity contribution in [3.05, 3.63) is 28.7 Å². The SMILES string of the molecule is CC(C)[C@H](NC(=O)COc1cccc(Br)c1)C(=O)O. The fourth-order valence-electron chi connectivity index (χ4n) is 1.43. The van der Waals surface area contributed by atoms with Crippen molar-refractivity contribution in [2.24, 2.45) is 5.92 Å². The maximum absolute atomic E-state index is 11.6. The molecule has 6 heteroatoms. The summed E-state index contributed by atoms with van der Waals surface area (Å²) >= 11 is 3.29. The first-order valence-corrected chi connectivity index (χ1v) is 6.60. The number of nitrogens with one attached hydrogen (secondary N) is 1. The number of carbonyl (C=O) groups is 2. The van der Waals surface area contributed by atoms with Crippen molar-refractivity contribution in [1.29, 1.82) is 0 Å². The van der Waals surface area contributed by atoms with E-state index in [2.05, 4.69) is 21.2 Å². The molecule has 5 nitrogen and oxygen atoms in total. The van der Waals surface area contributed by atoms with Gasteiger partial charge in [-0.1, -0.05) is 35.8 Å². The lowest BCUT2D eigenvalue weighted by molar-refractivity contribution is -0.143. The number of rotatable bonds is 6. The average Bonchev–Trinajstić information content (AvgIpc) is 2.32. The molecule has 0 aliphatic rings. The molecule has 0 saturated heterocycles. The van der Waals surface area contributed by atoms with Gasteiger partial charge in [-0.25, -0.2) is 4.79 Å². The van der Waals surface area contributed by atoms with Crippen LogP contribution in [0, 0.1) is 5.92 Å². The van der Waals surface area contributed by atoms with Crippen molar-refractivity contribution in [3.8, 4) is 5.75 Å². The van der Waals surface area contributed by atoms with Crippen molar-refractivity contribution in [1.82, 2.24) is 5.32 Å². The molecule has 1 aromatic carbocycles. The number of benzene rings is 1. The van der Waals surface area contributed by atoms with Crippen molar-refractivity contribution in [2.75, 3.05) is 6.61 Å². The number of hydrogen-bond donors (Lipinski definition) is 2. The molecule has 0 saturated carbocycles. The summed E-state index contributed by atoms with van der Waals surface area (Å²) in [5.74, 6) is -1.15. The lowest BCUT2D eigenvalue weighted by Gasteiger charge is -2.17. The van der Waals surface area contributed by atoms with Crippen molar-refractivity contribution in [3.63, 3.8) is 0 Å². The summed E-state index contributed by atoms with van der Waals surface area (Å²) in [5.41, 5.74) is 0. The molecular formula is C13H16BrNO4. The summed E-state index contributed by atoms with van der Waals surface area (Å²) in [4.78, 5) is 22.5. The average molecular weight is 330 g/mol. The van der Waals surface area contributed by atoms with Crippen molar-refractivity contribution >= 4 is 27.8 Å². The number of ether oxygens (including phenoxy) is 1. The van der Waals surface area contributed by atoms with Gasteiger partial charge in [0.1, 0.15) is 11.8 Å².